The molecule has 0 radical (unpaired) electrons. The molecular formula is C21H19BrN2O3. The van der Waals surface area contributed by atoms with E-state index in [4.69, 9.17) is 14.5 Å². The van der Waals surface area contributed by atoms with Crippen LogP contribution in [0.1, 0.15) is 28.5 Å². The van der Waals surface area contributed by atoms with Gasteiger partial charge < -0.3 is 14.8 Å². The molecule has 0 saturated carbocycles. The predicted octanol–water partition coefficient (Wildman–Crippen LogP) is 4.89. The van der Waals surface area contributed by atoms with Crippen molar-refractivity contribution in [2.75, 3.05) is 18.5 Å². The Hall–Kier alpha value is -2.60. The normalized spacial score (nSPS) is 12.9. The minimum atomic E-state index is -0.168. The zero-order valence-electron chi connectivity index (χ0n) is 15.1. The topological polar surface area (TPSA) is 60.5 Å². The number of pyridine rings is 1. The molecule has 1 aliphatic rings. The summed E-state index contributed by atoms with van der Waals surface area (Å²) in [6, 6.07) is 11.3. The van der Waals surface area contributed by atoms with E-state index < -0.39 is 0 Å². The number of aromatic nitrogens is 1. The van der Waals surface area contributed by atoms with Gasteiger partial charge >= 0.3 is 0 Å². The van der Waals surface area contributed by atoms with Gasteiger partial charge in [-0.15, -0.1) is 0 Å². The van der Waals surface area contributed by atoms with E-state index in [0.717, 1.165) is 33.1 Å². The van der Waals surface area contributed by atoms with Gasteiger partial charge in [-0.3, -0.25) is 9.78 Å². The third kappa shape index (κ3) is 3.25. The first-order valence-electron chi connectivity index (χ1n) is 8.87. The smallest absolute Gasteiger partial charge is 0.256 e. The number of carbonyl (C=O) groups excluding carboxylic acids is 1. The van der Waals surface area contributed by atoms with Gasteiger partial charge in [0.15, 0.2) is 11.5 Å². The number of anilines is 1. The van der Waals surface area contributed by atoms with Crippen LogP contribution in [0.5, 0.6) is 11.5 Å². The number of nitrogens with zero attached hydrogens (tertiary/aromatic N) is 1. The lowest BCUT2D eigenvalue weighted by atomic mass is 9.99. The molecule has 3 aromatic rings. The number of nitrogens with one attached hydrogen (secondary N) is 1. The summed E-state index contributed by atoms with van der Waals surface area (Å²) in [6.07, 6.45) is 0.769. The summed E-state index contributed by atoms with van der Waals surface area (Å²) >= 11 is 3.51. The molecule has 138 valence electrons. The highest BCUT2D eigenvalue weighted by Gasteiger charge is 2.20. The van der Waals surface area contributed by atoms with Crippen LogP contribution in [-0.2, 0) is 6.42 Å². The number of fused-ring (bicyclic) bond motifs is 2. The van der Waals surface area contributed by atoms with Crippen LogP contribution >= 0.6 is 15.9 Å². The molecule has 4 rings (SSSR count). The number of benzene rings is 2. The van der Waals surface area contributed by atoms with Gasteiger partial charge in [-0.25, -0.2) is 0 Å². The largest absolute Gasteiger partial charge is 0.486 e. The van der Waals surface area contributed by atoms with Crippen molar-refractivity contribution in [3.63, 3.8) is 0 Å². The van der Waals surface area contributed by atoms with Crippen molar-refractivity contribution in [1.29, 1.82) is 0 Å². The Kier molecular flexibility index (Phi) is 4.74. The first-order chi connectivity index (χ1) is 13.1. The number of ether oxygens (including phenoxy) is 2. The van der Waals surface area contributed by atoms with Crippen molar-refractivity contribution < 1.29 is 14.3 Å². The summed E-state index contributed by atoms with van der Waals surface area (Å²) < 4.78 is 12.0. The minimum absolute atomic E-state index is 0.168. The molecule has 27 heavy (non-hydrogen) atoms. The molecule has 1 amide bonds. The van der Waals surface area contributed by atoms with E-state index in [-0.39, 0.29) is 5.91 Å². The van der Waals surface area contributed by atoms with E-state index in [1.165, 1.54) is 0 Å². The van der Waals surface area contributed by atoms with Crippen molar-refractivity contribution in [3.8, 4) is 11.5 Å². The average Bonchev–Trinajstić information content (AvgIpc) is 2.68. The average molecular weight is 427 g/mol. The number of hydrogen-bond donors (Lipinski definition) is 1. The quantitative estimate of drug-likeness (QED) is 0.647. The van der Waals surface area contributed by atoms with Crippen LogP contribution in [0.2, 0.25) is 0 Å². The zero-order chi connectivity index (χ0) is 19.0. The number of aryl methyl sites for hydroxylation is 1. The lowest BCUT2D eigenvalue weighted by molar-refractivity contribution is 0.102. The van der Waals surface area contributed by atoms with E-state index >= 15 is 0 Å². The highest BCUT2D eigenvalue weighted by Crippen LogP contribution is 2.38. The second kappa shape index (κ2) is 7.19. The number of carbonyl (C=O) groups is 1. The molecule has 0 atom stereocenters. The Morgan fingerprint density at radius 1 is 1.19 bits per heavy atom. The van der Waals surface area contributed by atoms with Gasteiger partial charge in [0.25, 0.3) is 5.91 Å². The number of rotatable bonds is 3. The zero-order valence-corrected chi connectivity index (χ0v) is 16.7. The Morgan fingerprint density at radius 3 is 2.63 bits per heavy atom. The predicted molar refractivity (Wildman–Crippen MR) is 109 cm³/mol. The molecule has 0 bridgehead atoms. The van der Waals surface area contributed by atoms with Crippen molar-refractivity contribution >= 4 is 38.4 Å². The maximum atomic E-state index is 13.2. The van der Waals surface area contributed by atoms with Crippen LogP contribution in [-0.4, -0.2) is 24.1 Å². The van der Waals surface area contributed by atoms with Crippen LogP contribution in [0.25, 0.3) is 10.9 Å². The highest BCUT2D eigenvalue weighted by molar-refractivity contribution is 9.10. The van der Waals surface area contributed by atoms with Crippen molar-refractivity contribution in [2.24, 2.45) is 0 Å². The maximum absolute atomic E-state index is 13.2. The van der Waals surface area contributed by atoms with Crippen LogP contribution < -0.4 is 14.8 Å². The number of para-hydroxylation sites is 1. The van der Waals surface area contributed by atoms with E-state index in [1.54, 1.807) is 6.07 Å². The summed E-state index contributed by atoms with van der Waals surface area (Å²) in [7, 11) is 0. The van der Waals surface area contributed by atoms with Crippen LogP contribution in [0.15, 0.2) is 40.9 Å². The second-order valence-electron chi connectivity index (χ2n) is 6.36. The van der Waals surface area contributed by atoms with Gasteiger partial charge in [0.1, 0.15) is 13.2 Å². The Labute approximate surface area is 165 Å². The van der Waals surface area contributed by atoms with Crippen molar-refractivity contribution in [3.05, 3.63) is 57.7 Å². The van der Waals surface area contributed by atoms with Crippen LogP contribution in [0.3, 0.4) is 0 Å². The Balaban J connectivity index is 1.77. The van der Waals surface area contributed by atoms with Gasteiger partial charge in [-0.1, -0.05) is 25.1 Å². The number of halogens is 1. The van der Waals surface area contributed by atoms with Gasteiger partial charge in [-0.05, 0) is 40.9 Å². The second-order valence-corrected chi connectivity index (χ2v) is 7.21. The van der Waals surface area contributed by atoms with E-state index in [2.05, 4.69) is 21.2 Å². The summed E-state index contributed by atoms with van der Waals surface area (Å²) in [5, 5.41) is 3.86. The fourth-order valence-electron chi connectivity index (χ4n) is 3.34. The van der Waals surface area contributed by atoms with Crippen molar-refractivity contribution in [2.45, 2.75) is 20.3 Å². The first-order valence-corrected chi connectivity index (χ1v) is 9.66. The summed E-state index contributed by atoms with van der Waals surface area (Å²) in [5.41, 5.74) is 3.95. The maximum Gasteiger partial charge on any atom is 0.256 e. The molecule has 0 saturated heterocycles. The molecule has 0 spiro atoms. The van der Waals surface area contributed by atoms with Gasteiger partial charge in [0, 0.05) is 27.7 Å². The van der Waals surface area contributed by atoms with Gasteiger partial charge in [-0.2, -0.15) is 0 Å². The lowest BCUT2D eigenvalue weighted by Crippen LogP contribution is -2.18. The first kappa shape index (κ1) is 17.8. The van der Waals surface area contributed by atoms with E-state index in [1.807, 2.05) is 44.2 Å². The standard InChI is InChI=1S/C21H19BrN2O3/c1-3-15-12(2)20(13-6-4-5-7-16(13)23-15)21(25)24-17-11-19-18(10-14(17)22)26-8-9-27-19/h4-7,10-11H,3,8-9H2,1-2H3,(H,24,25). The molecule has 1 aliphatic heterocycles. The van der Waals surface area contributed by atoms with Crippen molar-refractivity contribution in [1.82, 2.24) is 4.98 Å². The van der Waals surface area contributed by atoms with E-state index in [0.29, 0.717) is 36.0 Å². The number of amides is 1. The van der Waals surface area contributed by atoms with Gasteiger partial charge in [0.2, 0.25) is 0 Å². The molecule has 0 aliphatic carbocycles. The SMILES string of the molecule is CCc1nc2ccccc2c(C(=O)Nc2cc3c(cc2Br)OCCO3)c1C. The molecule has 0 fully saturated rings. The summed E-state index contributed by atoms with van der Waals surface area (Å²) in [6.45, 7) is 5.01. The van der Waals surface area contributed by atoms with Gasteiger partial charge in [0.05, 0.1) is 16.8 Å². The third-order valence-electron chi connectivity index (χ3n) is 4.68. The third-order valence-corrected chi connectivity index (χ3v) is 5.33. The molecule has 1 N–H and O–H groups in total. The molecule has 2 aromatic carbocycles. The fraction of sp³-hybridized carbons (Fsp3) is 0.238. The summed E-state index contributed by atoms with van der Waals surface area (Å²) in [4.78, 5) is 17.9. The summed E-state index contributed by atoms with van der Waals surface area (Å²) in [5.74, 6) is 1.13. The fourth-order valence-corrected chi connectivity index (χ4v) is 3.76. The van der Waals surface area contributed by atoms with Crippen LogP contribution in [0, 0.1) is 6.92 Å². The molecule has 5 nitrogen and oxygen atoms in total. The monoisotopic (exact) mass is 426 g/mol. The highest BCUT2D eigenvalue weighted by atomic mass is 79.9. The molecular weight excluding hydrogens is 408 g/mol. The number of hydrogen-bond acceptors (Lipinski definition) is 4. The molecule has 1 aromatic heterocycles. The van der Waals surface area contributed by atoms with E-state index in [9.17, 15) is 4.79 Å². The van der Waals surface area contributed by atoms with Crippen LogP contribution in [0.4, 0.5) is 5.69 Å². The molecule has 2 heterocycles. The Bertz CT molecular complexity index is 1050. The molecule has 0 unspecified atom stereocenters. The lowest BCUT2D eigenvalue weighted by Gasteiger charge is -2.20. The Morgan fingerprint density at radius 2 is 1.89 bits per heavy atom. The molecule has 6 heteroatoms. The minimum Gasteiger partial charge on any atom is -0.486 e.